The summed E-state index contributed by atoms with van der Waals surface area (Å²) in [7, 11) is 0. The molecule has 154 valence electrons. The lowest BCUT2D eigenvalue weighted by Gasteiger charge is -2.25. The van der Waals surface area contributed by atoms with Crippen LogP contribution in [0.3, 0.4) is 0 Å². The van der Waals surface area contributed by atoms with Crippen molar-refractivity contribution in [2.24, 2.45) is 0 Å². The first-order chi connectivity index (χ1) is 15.2. The summed E-state index contributed by atoms with van der Waals surface area (Å²) in [5, 5.41) is 8.79. The second-order valence-electron chi connectivity index (χ2n) is 7.15. The maximum atomic E-state index is 10.7. The van der Waals surface area contributed by atoms with Gasteiger partial charge >= 0.3 is 6.09 Å². The number of nitrogens with zero attached hydrogens (tertiary/aromatic N) is 2. The van der Waals surface area contributed by atoms with Gasteiger partial charge in [0, 0.05) is 23.6 Å². The molecule has 5 rings (SSSR count). The van der Waals surface area contributed by atoms with Crippen molar-refractivity contribution < 1.29 is 9.90 Å². The highest BCUT2D eigenvalue weighted by Gasteiger charge is 2.22. The van der Waals surface area contributed by atoms with E-state index >= 15 is 0 Å². The fourth-order valence-corrected chi connectivity index (χ4v) is 3.72. The fourth-order valence-electron chi connectivity index (χ4n) is 3.72. The molecule has 1 heterocycles. The molecule has 0 saturated heterocycles. The monoisotopic (exact) mass is 408 g/mol. The van der Waals surface area contributed by atoms with Gasteiger partial charge in [0.15, 0.2) is 0 Å². The van der Waals surface area contributed by atoms with Gasteiger partial charge in [0.2, 0.25) is 0 Å². The van der Waals surface area contributed by atoms with Crippen molar-refractivity contribution in [2.45, 2.75) is 6.42 Å². The van der Waals surface area contributed by atoms with Crippen LogP contribution in [0.4, 0.5) is 27.5 Å². The topological polar surface area (TPSA) is 43.8 Å². The molecule has 0 atom stereocenters. The maximum absolute atomic E-state index is 10.7. The molecule has 1 N–H and O–H groups in total. The lowest BCUT2D eigenvalue weighted by molar-refractivity contribution is 0.202. The average Bonchev–Trinajstić information content (AvgIpc) is 3.27. The molecule has 4 aromatic carbocycles. The van der Waals surface area contributed by atoms with Crippen molar-refractivity contribution >= 4 is 28.8 Å². The van der Waals surface area contributed by atoms with E-state index in [9.17, 15) is 4.79 Å². The van der Waals surface area contributed by atoms with Gasteiger partial charge in [-0.05, 0) is 54.4 Å². The number of rotatable bonds is 3. The van der Waals surface area contributed by atoms with Crippen LogP contribution in [0, 0.1) is 0 Å². The van der Waals surface area contributed by atoms with Gasteiger partial charge in [0.05, 0.1) is 5.69 Å². The minimum absolute atomic E-state index is 0.592. The molecule has 0 bridgehead atoms. The van der Waals surface area contributed by atoms with Crippen LogP contribution in [0.5, 0.6) is 0 Å². The van der Waals surface area contributed by atoms with E-state index in [0.29, 0.717) is 6.54 Å². The summed E-state index contributed by atoms with van der Waals surface area (Å²) >= 11 is 0. The molecular formula is C27H24N2O2. The molecule has 0 aromatic heterocycles. The molecule has 0 radical (unpaired) electrons. The quantitative estimate of drug-likeness (QED) is 0.402. The number of fused-ring (bicyclic) bond motifs is 1. The third-order valence-corrected chi connectivity index (χ3v) is 5.16. The summed E-state index contributed by atoms with van der Waals surface area (Å²) in [5.74, 6) is 0. The molecule has 0 aliphatic carbocycles. The predicted octanol–water partition coefficient (Wildman–Crippen LogP) is 6.88. The zero-order valence-corrected chi connectivity index (χ0v) is 17.1. The van der Waals surface area contributed by atoms with Crippen molar-refractivity contribution in [3.05, 3.63) is 121 Å². The second kappa shape index (κ2) is 9.63. The van der Waals surface area contributed by atoms with E-state index in [-0.39, 0.29) is 0 Å². The summed E-state index contributed by atoms with van der Waals surface area (Å²) in [5.41, 5.74) is 5.46. The highest BCUT2D eigenvalue weighted by atomic mass is 16.4. The molecule has 1 aliphatic rings. The normalized spacial score (nSPS) is 11.8. The minimum atomic E-state index is -0.861. The predicted molar refractivity (Wildman–Crippen MR) is 127 cm³/mol. The number of amides is 1. The van der Waals surface area contributed by atoms with E-state index in [1.165, 1.54) is 22.0 Å². The Kier molecular flexibility index (Phi) is 6.29. The highest BCUT2D eigenvalue weighted by molar-refractivity contribution is 5.88. The minimum Gasteiger partial charge on any atom is -0.465 e. The van der Waals surface area contributed by atoms with Crippen LogP contribution in [-0.2, 0) is 6.42 Å². The Labute approximate surface area is 182 Å². The number of benzene rings is 4. The largest absolute Gasteiger partial charge is 0.465 e. The van der Waals surface area contributed by atoms with Gasteiger partial charge in [-0.3, -0.25) is 4.90 Å². The first kappa shape index (κ1) is 20.2. The number of anilines is 4. The van der Waals surface area contributed by atoms with Gasteiger partial charge in [-0.2, -0.15) is 0 Å². The van der Waals surface area contributed by atoms with E-state index in [2.05, 4.69) is 77.7 Å². The van der Waals surface area contributed by atoms with Crippen molar-refractivity contribution in [2.75, 3.05) is 16.3 Å². The Hall–Kier alpha value is -4.05. The molecule has 0 spiro atoms. The molecule has 4 aromatic rings. The molecule has 4 heteroatoms. The Balaban J connectivity index is 0.000000166. The highest BCUT2D eigenvalue weighted by Crippen LogP contribution is 2.33. The Morgan fingerprint density at radius 2 is 1.06 bits per heavy atom. The van der Waals surface area contributed by atoms with Crippen molar-refractivity contribution in [1.29, 1.82) is 0 Å². The van der Waals surface area contributed by atoms with Gasteiger partial charge < -0.3 is 10.0 Å². The molecule has 0 fully saturated rings. The third-order valence-electron chi connectivity index (χ3n) is 5.16. The van der Waals surface area contributed by atoms with Crippen LogP contribution < -0.4 is 9.80 Å². The summed E-state index contributed by atoms with van der Waals surface area (Å²) in [6.45, 7) is 0.592. The molecule has 1 amide bonds. The first-order valence-electron chi connectivity index (χ1n) is 10.3. The second-order valence-corrected chi connectivity index (χ2v) is 7.15. The first-order valence-corrected chi connectivity index (χ1v) is 10.3. The summed E-state index contributed by atoms with van der Waals surface area (Å²) in [4.78, 5) is 14.3. The maximum Gasteiger partial charge on any atom is 0.411 e. The van der Waals surface area contributed by atoms with Crippen LogP contribution in [0.25, 0.3) is 0 Å². The molecule has 0 unspecified atom stereocenters. The average molecular weight is 409 g/mol. The van der Waals surface area contributed by atoms with Crippen molar-refractivity contribution in [1.82, 2.24) is 0 Å². The zero-order chi connectivity index (χ0) is 21.5. The van der Waals surface area contributed by atoms with Gasteiger partial charge in [0.1, 0.15) is 0 Å². The van der Waals surface area contributed by atoms with Gasteiger partial charge in [-0.25, -0.2) is 4.79 Å². The third kappa shape index (κ3) is 4.75. The molecule has 31 heavy (non-hydrogen) atoms. The molecular weight excluding hydrogens is 384 g/mol. The van der Waals surface area contributed by atoms with Crippen molar-refractivity contribution in [3.8, 4) is 0 Å². The van der Waals surface area contributed by atoms with Crippen LogP contribution in [0.2, 0.25) is 0 Å². The Morgan fingerprint density at radius 3 is 1.52 bits per heavy atom. The molecule has 4 nitrogen and oxygen atoms in total. The standard InChI is InChI=1S/C18H15N.C9H9NO2/c1-4-10-16(11-5-1)19(17-12-6-2-7-13-17)18-14-8-3-9-15-18;11-9(12)10-6-5-7-3-1-2-4-8(7)10/h1-15H;1-4H,5-6H2,(H,11,12). The van der Waals surface area contributed by atoms with Gasteiger partial charge in [-0.15, -0.1) is 0 Å². The van der Waals surface area contributed by atoms with Gasteiger partial charge in [-0.1, -0.05) is 72.8 Å². The smallest absolute Gasteiger partial charge is 0.411 e. The number of hydrogen-bond acceptors (Lipinski definition) is 2. The summed E-state index contributed by atoms with van der Waals surface area (Å²) < 4.78 is 0. The number of carboxylic acid groups (broad SMARTS) is 1. The SMILES string of the molecule is O=C(O)N1CCc2ccccc21.c1ccc(N(c2ccccc2)c2ccccc2)cc1. The van der Waals surface area contributed by atoms with E-state index in [1.54, 1.807) is 0 Å². The molecule has 0 saturated carbocycles. The zero-order valence-electron chi connectivity index (χ0n) is 17.1. The number of para-hydroxylation sites is 4. The molecule has 1 aliphatic heterocycles. The fraction of sp³-hybridized carbons (Fsp3) is 0.0741. The lowest BCUT2D eigenvalue weighted by Crippen LogP contribution is -2.26. The van der Waals surface area contributed by atoms with Crippen LogP contribution in [0.1, 0.15) is 5.56 Å². The number of hydrogen-bond donors (Lipinski definition) is 1. The van der Waals surface area contributed by atoms with E-state index in [4.69, 9.17) is 5.11 Å². The van der Waals surface area contributed by atoms with E-state index in [1.807, 2.05) is 42.5 Å². The lowest BCUT2D eigenvalue weighted by atomic mass is 10.2. The number of carbonyl (C=O) groups is 1. The van der Waals surface area contributed by atoms with Crippen molar-refractivity contribution in [3.63, 3.8) is 0 Å². The van der Waals surface area contributed by atoms with E-state index < -0.39 is 6.09 Å². The van der Waals surface area contributed by atoms with Crippen LogP contribution in [0.15, 0.2) is 115 Å². The Morgan fingerprint density at radius 1 is 0.645 bits per heavy atom. The van der Waals surface area contributed by atoms with Crippen LogP contribution >= 0.6 is 0 Å². The van der Waals surface area contributed by atoms with Gasteiger partial charge in [0.25, 0.3) is 0 Å². The Bertz CT molecular complexity index is 1020. The summed E-state index contributed by atoms with van der Waals surface area (Å²) in [6.07, 6.45) is -0.0254. The van der Waals surface area contributed by atoms with E-state index in [0.717, 1.165) is 17.7 Å². The summed E-state index contributed by atoms with van der Waals surface area (Å²) in [6, 6.07) is 38.9. The van der Waals surface area contributed by atoms with Crippen LogP contribution in [-0.4, -0.2) is 17.7 Å².